The first-order valence-corrected chi connectivity index (χ1v) is 12.3. The van der Waals surface area contributed by atoms with Crippen LogP contribution in [0.4, 0.5) is 10.6 Å². The lowest BCUT2D eigenvalue weighted by molar-refractivity contribution is 0.0326. The highest BCUT2D eigenvalue weighted by atomic mass is 35.5. The average Bonchev–Trinajstić information content (AvgIpc) is 2.90. The maximum Gasteiger partial charge on any atom is 0.506 e. The number of aromatic nitrogens is 1. The van der Waals surface area contributed by atoms with Crippen molar-refractivity contribution in [2.24, 2.45) is 0 Å². The van der Waals surface area contributed by atoms with Gasteiger partial charge in [0.25, 0.3) is 5.91 Å². The molecule has 0 saturated heterocycles. The van der Waals surface area contributed by atoms with E-state index in [-0.39, 0.29) is 10.9 Å². The average molecular weight is 551 g/mol. The maximum atomic E-state index is 12.8. The van der Waals surface area contributed by atoms with Gasteiger partial charge in [0.1, 0.15) is 29.2 Å². The molecule has 5 rings (SSSR count). The zero-order valence-electron chi connectivity index (χ0n) is 19.7. The van der Waals surface area contributed by atoms with Crippen LogP contribution in [-0.4, -0.2) is 28.8 Å². The Morgan fingerprint density at radius 3 is 2.55 bits per heavy atom. The van der Waals surface area contributed by atoms with Crippen molar-refractivity contribution < 1.29 is 28.9 Å². The second-order valence-corrected chi connectivity index (χ2v) is 9.13. The van der Waals surface area contributed by atoms with Crippen molar-refractivity contribution in [1.29, 1.82) is 0 Å². The molecule has 1 aliphatic heterocycles. The topological polar surface area (TPSA) is 107 Å². The van der Waals surface area contributed by atoms with Crippen LogP contribution >= 0.6 is 23.2 Å². The summed E-state index contributed by atoms with van der Waals surface area (Å²) in [7, 11) is 0. The number of ether oxygens (including phenoxy) is 3. The Kier molecular flexibility index (Phi) is 7.35. The smallest absolute Gasteiger partial charge is 0.493 e. The summed E-state index contributed by atoms with van der Waals surface area (Å²) >= 11 is 12.7. The molecule has 2 heterocycles. The lowest BCUT2D eigenvalue weighted by Gasteiger charge is -2.25. The van der Waals surface area contributed by atoms with Crippen LogP contribution in [0.25, 0.3) is 11.1 Å². The Labute approximate surface area is 227 Å². The molecule has 8 nitrogen and oxygen atoms in total. The lowest BCUT2D eigenvalue weighted by atomic mass is 10.0. The van der Waals surface area contributed by atoms with Crippen LogP contribution in [0.2, 0.25) is 10.0 Å². The van der Waals surface area contributed by atoms with Crippen molar-refractivity contribution >= 4 is 41.1 Å². The zero-order valence-corrected chi connectivity index (χ0v) is 21.2. The fourth-order valence-electron chi connectivity index (χ4n) is 4.03. The first kappa shape index (κ1) is 25.4. The number of nitrogens with one attached hydrogen (secondary N) is 1. The molecule has 1 aromatic heterocycles. The van der Waals surface area contributed by atoms with Crippen molar-refractivity contribution in [3.63, 3.8) is 0 Å². The standard InChI is InChI=1S/C28H20Cl2N2O6/c29-21-4-2-1-3-19(21)17-9-11-31-26(13-17)32-27(33)16-5-7-18(8-6-16)37-25-15-24-20(14-22(25)30)23(10-12-36-24)38-28(34)35/h1-9,11,13-15,23H,10,12H2,(H,34,35)(H,31,32,33). The Morgan fingerprint density at radius 1 is 1.00 bits per heavy atom. The molecule has 0 aliphatic carbocycles. The number of fused-ring (bicyclic) bond motifs is 1. The summed E-state index contributed by atoms with van der Waals surface area (Å²) in [6.07, 6.45) is -0.0418. The van der Waals surface area contributed by atoms with Crippen LogP contribution in [-0.2, 0) is 4.74 Å². The summed E-state index contributed by atoms with van der Waals surface area (Å²) in [5.74, 6) is 1.24. The molecule has 192 valence electrons. The van der Waals surface area contributed by atoms with E-state index < -0.39 is 12.3 Å². The van der Waals surface area contributed by atoms with Gasteiger partial charge < -0.3 is 24.6 Å². The van der Waals surface area contributed by atoms with Gasteiger partial charge in [0.2, 0.25) is 0 Å². The Morgan fingerprint density at radius 2 is 1.79 bits per heavy atom. The van der Waals surface area contributed by atoms with Gasteiger partial charge in [0.05, 0.1) is 11.6 Å². The van der Waals surface area contributed by atoms with E-state index in [2.05, 4.69) is 10.3 Å². The third-order valence-electron chi connectivity index (χ3n) is 5.82. The molecule has 0 saturated carbocycles. The minimum absolute atomic E-state index is 0.263. The second-order valence-electron chi connectivity index (χ2n) is 8.32. The SMILES string of the molecule is O=C(O)OC1CCOc2cc(Oc3ccc(C(=O)Nc4cc(-c5ccccc5Cl)ccn4)cc3)c(Cl)cc21. The number of pyridine rings is 1. The Bertz CT molecular complexity index is 1510. The van der Waals surface area contributed by atoms with E-state index in [1.165, 1.54) is 0 Å². The normalized spacial score (nSPS) is 14.1. The highest BCUT2D eigenvalue weighted by molar-refractivity contribution is 6.33. The van der Waals surface area contributed by atoms with Crippen LogP contribution in [0, 0.1) is 0 Å². The molecule has 10 heteroatoms. The van der Waals surface area contributed by atoms with Gasteiger partial charge in [-0.3, -0.25) is 4.79 Å². The van der Waals surface area contributed by atoms with Gasteiger partial charge in [-0.2, -0.15) is 0 Å². The summed E-state index contributed by atoms with van der Waals surface area (Å²) in [5, 5.41) is 12.6. The zero-order chi connectivity index (χ0) is 26.6. The summed E-state index contributed by atoms with van der Waals surface area (Å²) < 4.78 is 16.5. The molecular formula is C28H20Cl2N2O6. The van der Waals surface area contributed by atoms with Gasteiger partial charge in [0.15, 0.2) is 0 Å². The number of carboxylic acid groups (broad SMARTS) is 1. The van der Waals surface area contributed by atoms with Gasteiger partial charge in [-0.05, 0) is 54.1 Å². The van der Waals surface area contributed by atoms with E-state index in [1.54, 1.807) is 54.7 Å². The number of nitrogens with zero attached hydrogens (tertiary/aromatic N) is 1. The number of benzene rings is 3. The molecule has 1 aliphatic rings. The largest absolute Gasteiger partial charge is 0.506 e. The second kappa shape index (κ2) is 11.0. The highest BCUT2D eigenvalue weighted by Gasteiger charge is 2.27. The van der Waals surface area contributed by atoms with Crippen LogP contribution in [0.3, 0.4) is 0 Å². The number of carbonyl (C=O) groups is 2. The molecule has 0 bridgehead atoms. The van der Waals surface area contributed by atoms with E-state index in [1.807, 2.05) is 24.3 Å². The number of hydrogen-bond acceptors (Lipinski definition) is 6. The quantitative estimate of drug-likeness (QED) is 0.238. The van der Waals surface area contributed by atoms with Crippen molar-refractivity contribution in [2.75, 3.05) is 11.9 Å². The number of rotatable bonds is 6. The lowest BCUT2D eigenvalue weighted by Crippen LogP contribution is -2.18. The minimum atomic E-state index is -1.37. The van der Waals surface area contributed by atoms with Gasteiger partial charge in [-0.25, -0.2) is 9.78 Å². The van der Waals surface area contributed by atoms with E-state index in [9.17, 15) is 9.59 Å². The highest BCUT2D eigenvalue weighted by Crippen LogP contribution is 2.42. The minimum Gasteiger partial charge on any atom is -0.493 e. The number of anilines is 1. The summed E-state index contributed by atoms with van der Waals surface area (Å²) in [6, 6.07) is 20.7. The summed E-state index contributed by atoms with van der Waals surface area (Å²) in [5.41, 5.74) is 2.60. The van der Waals surface area contributed by atoms with Gasteiger partial charge in [-0.1, -0.05) is 41.4 Å². The van der Waals surface area contributed by atoms with Crippen molar-refractivity contribution in [2.45, 2.75) is 12.5 Å². The first-order chi connectivity index (χ1) is 18.4. The predicted octanol–water partition coefficient (Wildman–Crippen LogP) is 7.62. The van der Waals surface area contributed by atoms with Crippen molar-refractivity contribution in [3.8, 4) is 28.4 Å². The maximum absolute atomic E-state index is 12.8. The van der Waals surface area contributed by atoms with Crippen LogP contribution in [0.5, 0.6) is 17.2 Å². The van der Waals surface area contributed by atoms with Crippen LogP contribution in [0.1, 0.15) is 28.4 Å². The Balaban J connectivity index is 1.28. The van der Waals surface area contributed by atoms with Crippen LogP contribution in [0.15, 0.2) is 79.0 Å². The number of amides is 1. The predicted molar refractivity (Wildman–Crippen MR) is 143 cm³/mol. The molecule has 1 amide bonds. The van der Waals surface area contributed by atoms with Crippen molar-refractivity contribution in [1.82, 2.24) is 4.98 Å². The van der Waals surface area contributed by atoms with Gasteiger partial charge >= 0.3 is 6.16 Å². The molecule has 1 unspecified atom stereocenters. The molecule has 0 spiro atoms. The van der Waals surface area contributed by atoms with Crippen molar-refractivity contribution in [3.05, 3.63) is 100 Å². The van der Waals surface area contributed by atoms with E-state index in [4.69, 9.17) is 42.5 Å². The molecule has 38 heavy (non-hydrogen) atoms. The van der Waals surface area contributed by atoms with Gasteiger partial charge in [-0.15, -0.1) is 0 Å². The first-order valence-electron chi connectivity index (χ1n) is 11.5. The molecule has 0 fully saturated rings. The van der Waals surface area contributed by atoms with Crippen LogP contribution < -0.4 is 14.8 Å². The molecule has 4 aromatic rings. The molecule has 2 N–H and O–H groups in total. The van der Waals surface area contributed by atoms with E-state index in [0.29, 0.717) is 52.2 Å². The van der Waals surface area contributed by atoms with E-state index in [0.717, 1.165) is 11.1 Å². The third-order valence-corrected chi connectivity index (χ3v) is 6.45. The summed E-state index contributed by atoms with van der Waals surface area (Å²) in [4.78, 5) is 28.0. The number of carbonyl (C=O) groups excluding carboxylic acids is 1. The Hall–Kier alpha value is -4.27. The fourth-order valence-corrected chi connectivity index (χ4v) is 4.49. The summed E-state index contributed by atoms with van der Waals surface area (Å²) in [6.45, 7) is 0.298. The third kappa shape index (κ3) is 5.66. The van der Waals surface area contributed by atoms with E-state index >= 15 is 0 Å². The molecule has 1 atom stereocenters. The monoisotopic (exact) mass is 550 g/mol. The molecule has 3 aromatic carbocycles. The number of hydrogen-bond donors (Lipinski definition) is 2. The molecule has 0 radical (unpaired) electrons. The fraction of sp³-hybridized carbons (Fsp3) is 0.107. The number of halogens is 2. The molecular weight excluding hydrogens is 531 g/mol. The van der Waals surface area contributed by atoms with Gasteiger partial charge in [0, 0.05) is 40.4 Å².